The molecule has 2 rings (SSSR count). The van der Waals surface area contributed by atoms with E-state index in [1.54, 1.807) is 0 Å². The summed E-state index contributed by atoms with van der Waals surface area (Å²) in [5, 5.41) is 0. The fraction of sp³-hybridized carbons (Fsp3) is 1.00. The van der Waals surface area contributed by atoms with Crippen LogP contribution in [0.25, 0.3) is 0 Å². The molecular formula is C11H21NO. The molecule has 13 heavy (non-hydrogen) atoms. The SMILES string of the molecule is CC1CC1C1(C)CCC(C)(CN)O1. The van der Waals surface area contributed by atoms with Crippen molar-refractivity contribution in [1.82, 2.24) is 0 Å². The Morgan fingerprint density at radius 2 is 2.00 bits per heavy atom. The topological polar surface area (TPSA) is 35.2 Å². The third-order valence-corrected chi connectivity index (χ3v) is 3.96. The molecule has 0 aromatic heterocycles. The number of rotatable bonds is 2. The van der Waals surface area contributed by atoms with Gasteiger partial charge < -0.3 is 10.5 Å². The van der Waals surface area contributed by atoms with E-state index >= 15 is 0 Å². The summed E-state index contributed by atoms with van der Waals surface area (Å²) in [5.41, 5.74) is 5.81. The normalized spacial score (nSPS) is 55.4. The summed E-state index contributed by atoms with van der Waals surface area (Å²) >= 11 is 0. The van der Waals surface area contributed by atoms with Gasteiger partial charge >= 0.3 is 0 Å². The van der Waals surface area contributed by atoms with Crippen molar-refractivity contribution < 1.29 is 4.74 Å². The maximum Gasteiger partial charge on any atom is 0.0784 e. The van der Waals surface area contributed by atoms with Gasteiger partial charge in [-0.15, -0.1) is 0 Å². The van der Waals surface area contributed by atoms with Crippen LogP contribution in [0.3, 0.4) is 0 Å². The number of hydrogen-bond donors (Lipinski definition) is 1. The summed E-state index contributed by atoms with van der Waals surface area (Å²) in [7, 11) is 0. The summed E-state index contributed by atoms with van der Waals surface area (Å²) in [6.45, 7) is 7.38. The van der Waals surface area contributed by atoms with Crippen molar-refractivity contribution >= 4 is 0 Å². The first kappa shape index (κ1) is 9.47. The Morgan fingerprint density at radius 3 is 2.38 bits per heavy atom. The standard InChI is InChI=1S/C11H21NO/c1-8-6-9(8)11(3)5-4-10(2,7-12)13-11/h8-9H,4-7,12H2,1-3H3. The zero-order chi connectivity index (χ0) is 9.69. The molecule has 1 heterocycles. The molecule has 0 amide bonds. The molecule has 2 fully saturated rings. The van der Waals surface area contributed by atoms with Crippen LogP contribution in [-0.2, 0) is 4.74 Å². The fourth-order valence-electron chi connectivity index (χ4n) is 2.76. The molecule has 1 saturated carbocycles. The molecule has 0 bridgehead atoms. The molecule has 76 valence electrons. The highest BCUT2D eigenvalue weighted by molar-refractivity contribution is 5.04. The Labute approximate surface area is 80.8 Å². The van der Waals surface area contributed by atoms with Gasteiger partial charge in [-0.25, -0.2) is 0 Å². The van der Waals surface area contributed by atoms with Gasteiger partial charge in [0, 0.05) is 6.54 Å². The molecule has 2 nitrogen and oxygen atoms in total. The molecule has 0 aromatic carbocycles. The van der Waals surface area contributed by atoms with Crippen LogP contribution >= 0.6 is 0 Å². The van der Waals surface area contributed by atoms with Crippen molar-refractivity contribution in [1.29, 1.82) is 0 Å². The van der Waals surface area contributed by atoms with Crippen molar-refractivity contribution in [3.05, 3.63) is 0 Å². The van der Waals surface area contributed by atoms with Crippen molar-refractivity contribution in [3.63, 3.8) is 0 Å². The largest absolute Gasteiger partial charge is 0.368 e. The quantitative estimate of drug-likeness (QED) is 0.710. The lowest BCUT2D eigenvalue weighted by molar-refractivity contribution is -0.0934. The minimum atomic E-state index is -0.0446. The molecule has 2 aliphatic rings. The van der Waals surface area contributed by atoms with Gasteiger partial charge in [-0.3, -0.25) is 0 Å². The van der Waals surface area contributed by atoms with Crippen LogP contribution < -0.4 is 5.73 Å². The summed E-state index contributed by atoms with van der Waals surface area (Å²) < 4.78 is 6.15. The monoisotopic (exact) mass is 183 g/mol. The second-order valence-electron chi connectivity index (χ2n) is 5.39. The van der Waals surface area contributed by atoms with Crippen LogP contribution in [0.5, 0.6) is 0 Å². The average molecular weight is 183 g/mol. The van der Waals surface area contributed by atoms with Gasteiger partial charge in [-0.2, -0.15) is 0 Å². The van der Waals surface area contributed by atoms with E-state index in [0.29, 0.717) is 6.54 Å². The van der Waals surface area contributed by atoms with Gasteiger partial charge in [-0.05, 0) is 44.9 Å². The second kappa shape index (κ2) is 2.71. The lowest BCUT2D eigenvalue weighted by atomic mass is 9.93. The molecule has 1 aliphatic carbocycles. The molecule has 0 aromatic rings. The maximum atomic E-state index is 6.15. The van der Waals surface area contributed by atoms with Gasteiger partial charge in [0.25, 0.3) is 0 Å². The van der Waals surface area contributed by atoms with E-state index in [9.17, 15) is 0 Å². The Balaban J connectivity index is 2.04. The Morgan fingerprint density at radius 1 is 1.38 bits per heavy atom. The Hall–Kier alpha value is -0.0800. The molecule has 1 aliphatic heterocycles. The van der Waals surface area contributed by atoms with E-state index in [0.717, 1.165) is 18.3 Å². The lowest BCUT2D eigenvalue weighted by Gasteiger charge is -2.30. The van der Waals surface area contributed by atoms with Gasteiger partial charge in [0.2, 0.25) is 0 Å². The van der Waals surface area contributed by atoms with Crippen molar-refractivity contribution in [3.8, 4) is 0 Å². The molecule has 4 atom stereocenters. The van der Waals surface area contributed by atoms with Crippen molar-refractivity contribution in [2.45, 2.75) is 51.2 Å². The van der Waals surface area contributed by atoms with E-state index in [4.69, 9.17) is 10.5 Å². The van der Waals surface area contributed by atoms with Crippen LogP contribution in [0.15, 0.2) is 0 Å². The van der Waals surface area contributed by atoms with Gasteiger partial charge in [-0.1, -0.05) is 6.92 Å². The molecule has 2 N–H and O–H groups in total. The molecule has 2 heteroatoms. The van der Waals surface area contributed by atoms with Gasteiger partial charge in [0.1, 0.15) is 0 Å². The number of nitrogens with two attached hydrogens (primary N) is 1. The van der Waals surface area contributed by atoms with Crippen molar-refractivity contribution in [2.24, 2.45) is 17.6 Å². The molecule has 4 unspecified atom stereocenters. The van der Waals surface area contributed by atoms with E-state index in [1.807, 2.05) is 0 Å². The van der Waals surface area contributed by atoms with Crippen LogP contribution in [-0.4, -0.2) is 17.7 Å². The van der Waals surface area contributed by atoms with E-state index in [-0.39, 0.29) is 11.2 Å². The summed E-state index contributed by atoms with van der Waals surface area (Å²) in [5.74, 6) is 1.66. The lowest BCUT2D eigenvalue weighted by Crippen LogP contribution is -2.38. The summed E-state index contributed by atoms with van der Waals surface area (Å²) in [6.07, 6.45) is 3.66. The van der Waals surface area contributed by atoms with E-state index in [1.165, 1.54) is 12.8 Å². The van der Waals surface area contributed by atoms with Crippen LogP contribution in [0, 0.1) is 11.8 Å². The van der Waals surface area contributed by atoms with Crippen molar-refractivity contribution in [2.75, 3.05) is 6.54 Å². The van der Waals surface area contributed by atoms with E-state index < -0.39 is 0 Å². The minimum absolute atomic E-state index is 0.0446. The Bertz CT molecular complexity index is 218. The molecule has 0 spiro atoms. The number of ether oxygens (including phenoxy) is 1. The third kappa shape index (κ3) is 1.50. The molecule has 0 radical (unpaired) electrons. The highest BCUT2D eigenvalue weighted by Crippen LogP contribution is 2.54. The minimum Gasteiger partial charge on any atom is -0.368 e. The third-order valence-electron chi connectivity index (χ3n) is 3.96. The van der Waals surface area contributed by atoms with Crippen LogP contribution in [0.1, 0.15) is 40.0 Å². The molecular weight excluding hydrogens is 162 g/mol. The second-order valence-corrected chi connectivity index (χ2v) is 5.39. The summed E-state index contributed by atoms with van der Waals surface area (Å²) in [6, 6.07) is 0. The Kier molecular flexibility index (Phi) is 1.97. The van der Waals surface area contributed by atoms with E-state index in [2.05, 4.69) is 20.8 Å². The first-order valence-corrected chi connectivity index (χ1v) is 5.39. The zero-order valence-electron chi connectivity index (χ0n) is 8.97. The first-order valence-electron chi connectivity index (χ1n) is 5.39. The van der Waals surface area contributed by atoms with Crippen LogP contribution in [0.2, 0.25) is 0 Å². The number of hydrogen-bond acceptors (Lipinski definition) is 2. The average Bonchev–Trinajstić information content (AvgIpc) is 2.72. The fourth-order valence-corrected chi connectivity index (χ4v) is 2.76. The predicted octanol–water partition coefficient (Wildman–Crippen LogP) is 1.93. The summed E-state index contributed by atoms with van der Waals surface area (Å²) in [4.78, 5) is 0. The zero-order valence-corrected chi connectivity index (χ0v) is 8.97. The smallest absolute Gasteiger partial charge is 0.0784 e. The highest BCUT2D eigenvalue weighted by atomic mass is 16.5. The highest BCUT2D eigenvalue weighted by Gasteiger charge is 2.54. The van der Waals surface area contributed by atoms with Crippen LogP contribution in [0.4, 0.5) is 0 Å². The first-order chi connectivity index (χ1) is 5.99. The molecule has 1 saturated heterocycles. The van der Waals surface area contributed by atoms with Gasteiger partial charge in [0.15, 0.2) is 0 Å². The maximum absolute atomic E-state index is 6.15. The van der Waals surface area contributed by atoms with Gasteiger partial charge in [0.05, 0.1) is 11.2 Å². The predicted molar refractivity (Wildman–Crippen MR) is 53.5 cm³/mol.